The van der Waals surface area contributed by atoms with E-state index in [0.717, 1.165) is 11.4 Å². The number of nitrogens with one attached hydrogen (secondary N) is 1. The van der Waals surface area contributed by atoms with Crippen LogP contribution in [-0.4, -0.2) is 27.8 Å². The van der Waals surface area contributed by atoms with E-state index >= 15 is 0 Å². The van der Waals surface area contributed by atoms with Crippen LogP contribution in [-0.2, 0) is 11.8 Å². The summed E-state index contributed by atoms with van der Waals surface area (Å²) in [7, 11) is 3.13. The topological polar surface area (TPSA) is 95.1 Å². The second-order valence-corrected chi connectivity index (χ2v) is 4.08. The minimum absolute atomic E-state index is 0.278. The molecule has 0 aromatic carbocycles. The highest BCUT2D eigenvalue weighted by Crippen LogP contribution is 2.21. The summed E-state index contributed by atoms with van der Waals surface area (Å²) in [5, 5.41) is 7.29. The average molecular weight is 261 g/mol. The van der Waals surface area contributed by atoms with Crippen LogP contribution in [0.3, 0.4) is 0 Å². The number of hydrogen-bond acceptors (Lipinski definition) is 6. The van der Waals surface area contributed by atoms with E-state index in [-0.39, 0.29) is 11.3 Å². The molecule has 0 bridgehead atoms. The van der Waals surface area contributed by atoms with Crippen molar-refractivity contribution in [2.24, 2.45) is 7.05 Å². The molecular weight excluding hydrogens is 246 g/mol. The van der Waals surface area contributed by atoms with Gasteiger partial charge in [0.2, 0.25) is 0 Å². The van der Waals surface area contributed by atoms with E-state index in [9.17, 15) is 4.79 Å². The molecule has 2 rings (SSSR count). The number of aromatic nitrogens is 3. The number of anilines is 3. The largest absolute Gasteiger partial charge is 0.465 e. The zero-order valence-electron chi connectivity index (χ0n) is 11.0. The number of rotatable bonds is 3. The van der Waals surface area contributed by atoms with Gasteiger partial charge in [-0.15, -0.1) is 0 Å². The second-order valence-electron chi connectivity index (χ2n) is 4.08. The molecule has 0 unspecified atom stereocenters. The highest BCUT2D eigenvalue weighted by atomic mass is 16.5. The fourth-order valence-corrected chi connectivity index (χ4v) is 1.68. The molecule has 0 saturated carbocycles. The van der Waals surface area contributed by atoms with Crippen LogP contribution in [0.25, 0.3) is 0 Å². The number of pyridine rings is 1. The third-order valence-electron chi connectivity index (χ3n) is 2.62. The van der Waals surface area contributed by atoms with Gasteiger partial charge in [-0.3, -0.25) is 4.68 Å². The maximum atomic E-state index is 11.5. The van der Waals surface area contributed by atoms with Gasteiger partial charge in [-0.05, 0) is 13.0 Å². The van der Waals surface area contributed by atoms with Gasteiger partial charge in [0.25, 0.3) is 0 Å². The molecule has 0 saturated heterocycles. The van der Waals surface area contributed by atoms with Crippen LogP contribution >= 0.6 is 0 Å². The highest BCUT2D eigenvalue weighted by molar-refractivity contribution is 5.95. The van der Waals surface area contributed by atoms with Gasteiger partial charge in [-0.1, -0.05) is 0 Å². The molecule has 0 amide bonds. The van der Waals surface area contributed by atoms with Crippen LogP contribution in [0.2, 0.25) is 0 Å². The Labute approximate surface area is 110 Å². The Morgan fingerprint density at radius 1 is 1.53 bits per heavy atom. The summed E-state index contributed by atoms with van der Waals surface area (Å²) in [6.45, 7) is 1.88. The number of nitrogens with zero attached hydrogens (tertiary/aromatic N) is 3. The molecule has 0 fully saturated rings. The summed E-state index contributed by atoms with van der Waals surface area (Å²) in [6.07, 6.45) is 3.24. The minimum atomic E-state index is -0.495. The van der Waals surface area contributed by atoms with Crippen molar-refractivity contribution in [3.05, 3.63) is 29.7 Å². The molecule has 0 spiro atoms. The number of ether oxygens (including phenoxy) is 1. The van der Waals surface area contributed by atoms with Crippen molar-refractivity contribution in [2.45, 2.75) is 6.92 Å². The Morgan fingerprint density at radius 2 is 2.26 bits per heavy atom. The predicted molar refractivity (Wildman–Crippen MR) is 71.2 cm³/mol. The number of carbonyl (C=O) groups is 1. The molecule has 0 aliphatic heterocycles. The first-order chi connectivity index (χ1) is 9.01. The van der Waals surface area contributed by atoms with E-state index in [1.165, 1.54) is 13.3 Å². The van der Waals surface area contributed by atoms with Gasteiger partial charge in [0.1, 0.15) is 5.82 Å². The van der Waals surface area contributed by atoms with Gasteiger partial charge < -0.3 is 15.8 Å². The number of hydrogen-bond donors (Lipinski definition) is 2. The van der Waals surface area contributed by atoms with Crippen LogP contribution in [0.5, 0.6) is 0 Å². The maximum Gasteiger partial charge on any atom is 0.340 e. The number of carbonyl (C=O) groups excluding carboxylic acids is 1. The number of esters is 1. The molecule has 0 atom stereocenters. The second kappa shape index (κ2) is 4.97. The smallest absolute Gasteiger partial charge is 0.340 e. The first-order valence-electron chi connectivity index (χ1n) is 5.62. The minimum Gasteiger partial charge on any atom is -0.465 e. The van der Waals surface area contributed by atoms with Gasteiger partial charge in [-0.25, -0.2) is 9.78 Å². The fraction of sp³-hybridized carbons (Fsp3) is 0.250. The third kappa shape index (κ3) is 2.65. The van der Waals surface area contributed by atoms with Crippen molar-refractivity contribution >= 4 is 23.2 Å². The lowest BCUT2D eigenvalue weighted by molar-refractivity contribution is 0.0602. The molecule has 0 aliphatic rings. The van der Waals surface area contributed by atoms with Gasteiger partial charge >= 0.3 is 5.97 Å². The van der Waals surface area contributed by atoms with E-state index in [0.29, 0.717) is 5.82 Å². The Bertz CT molecular complexity index is 621. The zero-order valence-corrected chi connectivity index (χ0v) is 11.0. The first-order valence-corrected chi connectivity index (χ1v) is 5.62. The lowest BCUT2D eigenvalue weighted by atomic mass is 10.2. The number of nitrogen functional groups attached to an aromatic ring is 1. The molecule has 2 aromatic rings. The van der Waals surface area contributed by atoms with E-state index in [1.54, 1.807) is 10.7 Å². The monoisotopic (exact) mass is 261 g/mol. The van der Waals surface area contributed by atoms with Crippen molar-refractivity contribution in [1.29, 1.82) is 0 Å². The Hall–Kier alpha value is -2.57. The van der Waals surface area contributed by atoms with E-state index in [2.05, 4.69) is 20.1 Å². The standard InChI is InChI=1S/C12H15N5O2/c1-7-10(6-17(2)16-7)15-11-4-8(12(18)19-3)9(13)5-14-11/h4-6H,13H2,1-3H3,(H,14,15). The number of nitrogens with two attached hydrogens (primary N) is 1. The summed E-state index contributed by atoms with van der Waals surface area (Å²) in [4.78, 5) is 15.7. The van der Waals surface area contributed by atoms with Crippen molar-refractivity contribution in [1.82, 2.24) is 14.8 Å². The van der Waals surface area contributed by atoms with Gasteiger partial charge in [0.15, 0.2) is 0 Å². The van der Waals surface area contributed by atoms with Gasteiger partial charge in [0, 0.05) is 13.2 Å². The highest BCUT2D eigenvalue weighted by Gasteiger charge is 2.12. The van der Waals surface area contributed by atoms with Crippen molar-refractivity contribution < 1.29 is 9.53 Å². The summed E-state index contributed by atoms with van der Waals surface area (Å²) >= 11 is 0. The Morgan fingerprint density at radius 3 is 2.84 bits per heavy atom. The molecule has 3 N–H and O–H groups in total. The summed E-state index contributed by atoms with van der Waals surface area (Å²) in [6, 6.07) is 1.55. The van der Waals surface area contributed by atoms with Crippen molar-refractivity contribution in [2.75, 3.05) is 18.2 Å². The SMILES string of the molecule is COC(=O)c1cc(Nc2cn(C)nc2C)ncc1N. The van der Waals surface area contributed by atoms with Crippen LogP contribution in [0, 0.1) is 6.92 Å². The zero-order chi connectivity index (χ0) is 14.0. The molecule has 7 nitrogen and oxygen atoms in total. The van der Waals surface area contributed by atoms with E-state index in [4.69, 9.17) is 5.73 Å². The molecule has 0 aliphatic carbocycles. The average Bonchev–Trinajstić information content (AvgIpc) is 2.69. The normalized spacial score (nSPS) is 10.3. The molecule has 0 radical (unpaired) electrons. The maximum absolute atomic E-state index is 11.5. The molecule has 2 aromatic heterocycles. The molecule has 100 valence electrons. The predicted octanol–water partition coefficient (Wildman–Crippen LogP) is 1.24. The van der Waals surface area contributed by atoms with Crippen molar-refractivity contribution in [3.63, 3.8) is 0 Å². The summed E-state index contributed by atoms with van der Waals surface area (Å²) in [5.41, 5.74) is 7.89. The number of aryl methyl sites for hydroxylation is 2. The third-order valence-corrected chi connectivity index (χ3v) is 2.62. The molecule has 7 heteroatoms. The van der Waals surface area contributed by atoms with E-state index < -0.39 is 5.97 Å². The quantitative estimate of drug-likeness (QED) is 0.807. The summed E-state index contributed by atoms with van der Waals surface area (Å²) in [5.74, 6) is 0.0107. The molecule has 19 heavy (non-hydrogen) atoms. The Kier molecular flexibility index (Phi) is 3.37. The Balaban J connectivity index is 2.31. The van der Waals surface area contributed by atoms with Gasteiger partial charge in [0.05, 0.1) is 35.9 Å². The van der Waals surface area contributed by atoms with Crippen LogP contribution in [0.15, 0.2) is 18.5 Å². The molecular formula is C12H15N5O2. The van der Waals surface area contributed by atoms with Crippen LogP contribution in [0.1, 0.15) is 16.1 Å². The van der Waals surface area contributed by atoms with Crippen LogP contribution in [0.4, 0.5) is 17.2 Å². The number of methoxy groups -OCH3 is 1. The van der Waals surface area contributed by atoms with Gasteiger partial charge in [-0.2, -0.15) is 5.10 Å². The lowest BCUT2D eigenvalue weighted by Gasteiger charge is -2.07. The fourth-order valence-electron chi connectivity index (χ4n) is 1.68. The van der Waals surface area contributed by atoms with Crippen molar-refractivity contribution in [3.8, 4) is 0 Å². The lowest BCUT2D eigenvalue weighted by Crippen LogP contribution is -2.07. The van der Waals surface area contributed by atoms with Crippen LogP contribution < -0.4 is 11.1 Å². The van der Waals surface area contributed by atoms with E-state index in [1.807, 2.05) is 20.2 Å². The molecule has 2 heterocycles. The first kappa shape index (κ1) is 12.9. The summed E-state index contributed by atoms with van der Waals surface area (Å²) < 4.78 is 6.35.